The van der Waals surface area contributed by atoms with Crippen LogP contribution < -0.4 is 21.3 Å². The van der Waals surface area contributed by atoms with Crippen LogP contribution in [0.4, 0.5) is 60.5 Å². The van der Waals surface area contributed by atoms with E-state index in [2.05, 4.69) is 41.7 Å². The molecule has 0 aliphatic heterocycles. The molecule has 0 aliphatic carbocycles. The summed E-state index contributed by atoms with van der Waals surface area (Å²) in [6.07, 6.45) is -9.65. The number of hydrogen-bond donors (Lipinski definition) is 4. The van der Waals surface area contributed by atoms with Gasteiger partial charge >= 0.3 is 12.4 Å². The van der Waals surface area contributed by atoms with Gasteiger partial charge in [0.15, 0.2) is 11.6 Å². The van der Waals surface area contributed by atoms with Gasteiger partial charge in [-0.15, -0.1) is 0 Å². The summed E-state index contributed by atoms with van der Waals surface area (Å²) in [7, 11) is 0. The molecule has 0 fully saturated rings. The van der Waals surface area contributed by atoms with Crippen molar-refractivity contribution in [3.63, 3.8) is 0 Å². The van der Waals surface area contributed by atoms with Gasteiger partial charge in [0.25, 0.3) is 23.6 Å². The highest BCUT2D eigenvalue weighted by atomic mass is 35.5. The van der Waals surface area contributed by atoms with Crippen LogP contribution in [-0.2, 0) is 31.5 Å². The third-order valence-electron chi connectivity index (χ3n) is 9.25. The topological polar surface area (TPSA) is 200 Å². The first-order valence-corrected chi connectivity index (χ1v) is 20.7. The summed E-state index contributed by atoms with van der Waals surface area (Å²) in [5.41, 5.74) is -3.29. The van der Waals surface area contributed by atoms with Gasteiger partial charge in [0, 0.05) is 42.6 Å². The smallest absolute Gasteiger partial charge is 0.324 e. The average Bonchev–Trinajstić information content (AvgIpc) is 3.20. The van der Waals surface area contributed by atoms with Crippen molar-refractivity contribution in [2.45, 2.75) is 52.1 Å². The summed E-state index contributed by atoms with van der Waals surface area (Å²) in [6, 6.07) is 11.5. The van der Waals surface area contributed by atoms with Gasteiger partial charge in [-0.2, -0.15) is 46.8 Å². The molecule has 0 aromatic heterocycles. The number of azo groups is 2. The molecule has 5 aromatic rings. The molecule has 4 amide bonds. The van der Waals surface area contributed by atoms with E-state index in [1.165, 1.54) is 24.3 Å². The number of hydrogen-bond acceptors (Lipinski definition) is 10. The van der Waals surface area contributed by atoms with Gasteiger partial charge < -0.3 is 21.3 Å². The zero-order valence-electron chi connectivity index (χ0n) is 35.3. The number of ketones is 2. The highest BCUT2D eigenvalue weighted by Gasteiger charge is 2.35. The van der Waals surface area contributed by atoms with Crippen molar-refractivity contribution in [2.24, 2.45) is 20.5 Å². The van der Waals surface area contributed by atoms with Crippen molar-refractivity contribution in [1.82, 2.24) is 0 Å². The highest BCUT2D eigenvalue weighted by Crippen LogP contribution is 2.38. The number of anilines is 4. The van der Waals surface area contributed by atoms with E-state index in [0.29, 0.717) is 23.3 Å². The fraction of sp³-hybridized carbons (Fsp3) is 0.182. The molecule has 0 saturated carbocycles. The maximum absolute atomic E-state index is 13.6. The Bertz CT molecular complexity index is 2910. The number of nitrogens with zero attached hydrogens (tertiary/aromatic N) is 4. The monoisotopic (exact) mass is 1020 g/mol. The van der Waals surface area contributed by atoms with Gasteiger partial charge in [-0.05, 0) is 124 Å². The van der Waals surface area contributed by atoms with E-state index in [0.717, 1.165) is 62.4 Å². The zero-order valence-corrected chi connectivity index (χ0v) is 38.3. The molecule has 0 spiro atoms. The number of alkyl halides is 6. The minimum Gasteiger partial charge on any atom is -0.324 e. The minimum absolute atomic E-state index is 0.0789. The Morgan fingerprint density at radius 1 is 0.500 bits per heavy atom. The van der Waals surface area contributed by atoms with Gasteiger partial charge in [-0.3, -0.25) is 28.8 Å². The molecule has 0 radical (unpaired) electrons. The molecule has 2 atom stereocenters. The number of carbonyl (C=O) groups excluding carboxylic acids is 6. The molecule has 354 valence electrons. The average molecular weight is 1020 g/mol. The molecule has 68 heavy (non-hydrogen) atoms. The van der Waals surface area contributed by atoms with Crippen LogP contribution >= 0.6 is 46.4 Å². The normalized spacial score (nSPS) is 12.7. The zero-order chi connectivity index (χ0) is 50.4. The number of Topliss-reactive ketones (excluding diaryl/α,β-unsaturated/α-hetero) is 2. The lowest BCUT2D eigenvalue weighted by Gasteiger charge is -2.17. The number of amides is 4. The van der Waals surface area contributed by atoms with E-state index in [1.54, 1.807) is 13.8 Å². The second-order valence-corrected chi connectivity index (χ2v) is 16.3. The van der Waals surface area contributed by atoms with Crippen LogP contribution in [0.5, 0.6) is 0 Å². The van der Waals surface area contributed by atoms with Gasteiger partial charge in [-0.1, -0.05) is 46.4 Å². The first kappa shape index (κ1) is 52.2. The molecule has 0 heterocycles. The quantitative estimate of drug-likeness (QED) is 0.0484. The van der Waals surface area contributed by atoms with Crippen LogP contribution in [0.15, 0.2) is 105 Å². The molecule has 0 bridgehead atoms. The summed E-state index contributed by atoms with van der Waals surface area (Å²) >= 11 is 24.0. The van der Waals surface area contributed by atoms with Crippen molar-refractivity contribution in [1.29, 1.82) is 0 Å². The van der Waals surface area contributed by atoms with E-state index in [1.807, 2.05) is 0 Å². The van der Waals surface area contributed by atoms with E-state index in [4.69, 9.17) is 46.4 Å². The van der Waals surface area contributed by atoms with Gasteiger partial charge in [0.05, 0.1) is 33.9 Å². The molecular weight excluding hydrogens is 992 g/mol. The highest BCUT2D eigenvalue weighted by molar-refractivity contribution is 6.32. The Hall–Kier alpha value is -6.74. The Balaban J connectivity index is 1.28. The number of halogens is 10. The predicted molar refractivity (Wildman–Crippen MR) is 243 cm³/mol. The molecular formula is C44H32Cl4F6N8O6. The van der Waals surface area contributed by atoms with Crippen LogP contribution in [0.2, 0.25) is 20.1 Å². The fourth-order valence-corrected chi connectivity index (χ4v) is 6.97. The standard InChI is InChI=1S/C44H32Cl4F6N8O6/c1-19-9-29(55-41(67)37(21(3)63)61-59-30-13-23(11-27(47)15-30)39(65)56-34-17-25(45)5-7-32(34)43(49,50)51)10-20(2)36(19)58-42(68)38(22(4)64)62-60-31-14-24(12-28(48)16-31)40(66)57-35-18-26(46)6-8-33(35)44(52,53)54/h5-18,37-38H,1-4H3,(H,55,67)(H,56,65)(H,57,66)(H,58,68). The Labute approximate surface area is 401 Å². The van der Waals surface area contributed by atoms with Crippen LogP contribution in [0, 0.1) is 13.8 Å². The van der Waals surface area contributed by atoms with Gasteiger partial charge in [0.2, 0.25) is 12.1 Å². The van der Waals surface area contributed by atoms with Crippen LogP contribution in [0.3, 0.4) is 0 Å². The van der Waals surface area contributed by atoms with Crippen molar-refractivity contribution >= 4 is 116 Å². The van der Waals surface area contributed by atoms with Crippen LogP contribution in [0.25, 0.3) is 0 Å². The first-order chi connectivity index (χ1) is 31.7. The molecule has 14 nitrogen and oxygen atoms in total. The lowest BCUT2D eigenvalue weighted by atomic mass is 10.1. The minimum atomic E-state index is -4.82. The summed E-state index contributed by atoms with van der Waals surface area (Å²) < 4.78 is 81.4. The lowest BCUT2D eigenvalue weighted by Crippen LogP contribution is -2.33. The predicted octanol–water partition coefficient (Wildman–Crippen LogP) is 12.8. The second-order valence-electron chi connectivity index (χ2n) is 14.6. The molecule has 5 rings (SSSR count). The van der Waals surface area contributed by atoms with E-state index in [-0.39, 0.29) is 54.0 Å². The lowest BCUT2D eigenvalue weighted by molar-refractivity contribution is -0.137. The van der Waals surface area contributed by atoms with Crippen LogP contribution in [0.1, 0.15) is 56.8 Å². The number of carbonyl (C=O) groups is 6. The maximum atomic E-state index is 13.6. The number of nitrogens with one attached hydrogen (secondary N) is 4. The molecule has 5 aromatic carbocycles. The summed E-state index contributed by atoms with van der Waals surface area (Å²) in [5, 5.41) is 24.5. The van der Waals surface area contributed by atoms with Gasteiger partial charge in [-0.25, -0.2) is 0 Å². The van der Waals surface area contributed by atoms with Crippen molar-refractivity contribution in [3.05, 3.63) is 138 Å². The first-order valence-electron chi connectivity index (χ1n) is 19.2. The van der Waals surface area contributed by atoms with E-state index in [9.17, 15) is 55.1 Å². The van der Waals surface area contributed by atoms with Crippen molar-refractivity contribution in [3.8, 4) is 0 Å². The third-order valence-corrected chi connectivity index (χ3v) is 10.2. The molecule has 4 N–H and O–H groups in total. The number of rotatable bonds is 14. The van der Waals surface area contributed by atoms with Gasteiger partial charge in [0.1, 0.15) is 0 Å². The Morgan fingerprint density at radius 3 is 1.25 bits per heavy atom. The molecule has 2 unspecified atom stereocenters. The van der Waals surface area contributed by atoms with E-state index < -0.39 is 82.1 Å². The second kappa shape index (κ2) is 21.5. The summed E-state index contributed by atoms with van der Waals surface area (Å²) in [4.78, 5) is 78.0. The summed E-state index contributed by atoms with van der Waals surface area (Å²) in [6.45, 7) is 5.22. The van der Waals surface area contributed by atoms with Crippen molar-refractivity contribution < 1.29 is 55.1 Å². The Kier molecular flexibility index (Phi) is 16.5. The molecule has 24 heteroatoms. The largest absolute Gasteiger partial charge is 0.418 e. The summed E-state index contributed by atoms with van der Waals surface area (Å²) in [5.74, 6) is -5.46. The van der Waals surface area contributed by atoms with Crippen LogP contribution in [-0.4, -0.2) is 47.3 Å². The Morgan fingerprint density at radius 2 is 0.882 bits per heavy atom. The van der Waals surface area contributed by atoms with Crippen molar-refractivity contribution in [2.75, 3.05) is 21.3 Å². The third kappa shape index (κ3) is 13.7. The molecule has 0 aliphatic rings. The SMILES string of the molecule is CC(=O)C(N=Nc1cc(Cl)cc(C(=O)Nc2cc(Cl)ccc2C(F)(F)F)c1)C(=O)Nc1cc(C)c(NC(=O)C(N=Nc2cc(Cl)cc(C(=O)Nc3cc(Cl)ccc3C(F)(F)F)c2)C(C)=O)c(C)c1. The fourth-order valence-electron chi connectivity index (χ4n) is 6.17. The molecule has 0 saturated heterocycles. The maximum Gasteiger partial charge on any atom is 0.418 e. The number of aryl methyl sites for hydroxylation is 2. The van der Waals surface area contributed by atoms with E-state index >= 15 is 0 Å². The number of benzene rings is 5.